The van der Waals surface area contributed by atoms with E-state index < -0.39 is 12.6 Å². The van der Waals surface area contributed by atoms with Crippen molar-refractivity contribution in [2.45, 2.75) is 19.5 Å². The van der Waals surface area contributed by atoms with Gasteiger partial charge in [-0.25, -0.2) is 0 Å². The number of halogens is 4. The number of hydrogen-bond donors (Lipinski definition) is 0. The zero-order valence-corrected chi connectivity index (χ0v) is 11.6. The number of ketones is 1. The van der Waals surface area contributed by atoms with E-state index in [0.29, 0.717) is 15.7 Å². The molecule has 0 spiro atoms. The summed E-state index contributed by atoms with van der Waals surface area (Å²) in [5, 5.41) is 0. The van der Waals surface area contributed by atoms with Crippen LogP contribution in [-0.2, 0) is 0 Å². The third-order valence-electron chi connectivity index (χ3n) is 2.50. The van der Waals surface area contributed by atoms with Crippen molar-refractivity contribution in [3.8, 4) is 0 Å². The molecule has 0 aliphatic rings. The molecule has 0 N–H and O–H groups in total. The summed E-state index contributed by atoms with van der Waals surface area (Å²) in [6.45, 7) is 1.32. The van der Waals surface area contributed by atoms with E-state index in [1.807, 2.05) is 0 Å². The molecule has 0 bridgehead atoms. The van der Waals surface area contributed by atoms with Crippen molar-refractivity contribution >= 4 is 27.4 Å². The number of anilines is 1. The number of rotatable bonds is 4. The summed E-state index contributed by atoms with van der Waals surface area (Å²) in [6.07, 6.45) is -5.04. The molecule has 0 fully saturated rings. The summed E-state index contributed by atoms with van der Waals surface area (Å²) in [6, 6.07) is 4.85. The first-order valence-corrected chi connectivity index (χ1v) is 6.08. The number of carbonyl (C=O) groups is 1. The van der Waals surface area contributed by atoms with Crippen LogP contribution in [0.25, 0.3) is 0 Å². The maximum atomic E-state index is 12.1. The molecule has 0 amide bonds. The van der Waals surface area contributed by atoms with Gasteiger partial charge < -0.3 is 4.90 Å². The number of hydrogen-bond acceptors (Lipinski definition) is 2. The zero-order valence-electron chi connectivity index (χ0n) is 10.0. The molecule has 1 rings (SSSR count). The zero-order chi connectivity index (χ0) is 13.9. The highest BCUT2D eigenvalue weighted by Gasteiger charge is 2.27. The minimum atomic E-state index is -4.17. The Bertz CT molecular complexity index is 445. The number of nitrogens with zero attached hydrogens (tertiary/aromatic N) is 1. The van der Waals surface area contributed by atoms with Crippen LogP contribution in [0.15, 0.2) is 22.7 Å². The quantitative estimate of drug-likeness (QED) is 0.779. The summed E-state index contributed by atoms with van der Waals surface area (Å²) >= 11 is 3.26. The second-order valence-corrected chi connectivity index (χ2v) is 4.86. The topological polar surface area (TPSA) is 20.3 Å². The molecule has 1 aromatic carbocycles. The summed E-state index contributed by atoms with van der Waals surface area (Å²) in [5.74, 6) is -0.0832. The van der Waals surface area contributed by atoms with Gasteiger partial charge in [0.05, 0.1) is 12.1 Å². The minimum Gasteiger partial charge on any atom is -0.373 e. The van der Waals surface area contributed by atoms with Crippen LogP contribution < -0.4 is 4.90 Å². The van der Waals surface area contributed by atoms with Crippen molar-refractivity contribution in [2.24, 2.45) is 0 Å². The Balaban J connectivity index is 2.80. The van der Waals surface area contributed by atoms with E-state index in [4.69, 9.17) is 0 Å². The van der Waals surface area contributed by atoms with Crippen LogP contribution in [-0.4, -0.2) is 25.6 Å². The van der Waals surface area contributed by atoms with Crippen LogP contribution in [0.5, 0.6) is 0 Å². The number of Topliss-reactive ketones (excluding diaryl/α,β-unsaturated/α-hetero) is 1. The predicted molar refractivity (Wildman–Crippen MR) is 68.1 cm³/mol. The minimum absolute atomic E-state index is 0.0832. The molecule has 0 unspecified atom stereocenters. The fourth-order valence-corrected chi connectivity index (χ4v) is 2.13. The fraction of sp³-hybridized carbons (Fsp3) is 0.417. The third-order valence-corrected chi connectivity index (χ3v) is 3.13. The normalized spacial score (nSPS) is 11.4. The molecule has 0 radical (unpaired) electrons. The molecule has 6 heteroatoms. The van der Waals surface area contributed by atoms with Crippen LogP contribution in [0.4, 0.5) is 18.9 Å². The summed E-state index contributed by atoms with van der Waals surface area (Å²) in [7, 11) is 1.58. The Hall–Kier alpha value is -1.04. The summed E-state index contributed by atoms with van der Waals surface area (Å²) < 4.78 is 37.0. The van der Waals surface area contributed by atoms with Gasteiger partial charge >= 0.3 is 6.18 Å². The van der Waals surface area contributed by atoms with Gasteiger partial charge in [-0.1, -0.05) is 0 Å². The van der Waals surface area contributed by atoms with Crippen molar-refractivity contribution < 1.29 is 18.0 Å². The van der Waals surface area contributed by atoms with Crippen molar-refractivity contribution in [1.82, 2.24) is 0 Å². The Morgan fingerprint density at radius 1 is 1.39 bits per heavy atom. The van der Waals surface area contributed by atoms with Crippen molar-refractivity contribution in [1.29, 1.82) is 0 Å². The van der Waals surface area contributed by atoms with Crippen LogP contribution in [0.1, 0.15) is 23.7 Å². The van der Waals surface area contributed by atoms with Gasteiger partial charge in [0.2, 0.25) is 0 Å². The fourth-order valence-electron chi connectivity index (χ4n) is 1.45. The standard InChI is InChI=1S/C12H13BrF3NO/c1-8(18)9-3-4-11(10(13)7-9)17(2)6-5-12(14,15)16/h3-4,7H,5-6H2,1-2H3. The van der Waals surface area contributed by atoms with E-state index in [1.54, 1.807) is 25.2 Å². The smallest absolute Gasteiger partial charge is 0.373 e. The van der Waals surface area contributed by atoms with Gasteiger partial charge in [0.1, 0.15) is 0 Å². The Morgan fingerprint density at radius 2 is 2.00 bits per heavy atom. The molecule has 0 saturated carbocycles. The van der Waals surface area contributed by atoms with Crippen molar-refractivity contribution in [3.05, 3.63) is 28.2 Å². The average Bonchev–Trinajstić information content (AvgIpc) is 2.24. The van der Waals surface area contributed by atoms with E-state index in [2.05, 4.69) is 15.9 Å². The first-order valence-electron chi connectivity index (χ1n) is 5.29. The Labute approximate surface area is 112 Å². The molecule has 18 heavy (non-hydrogen) atoms. The van der Waals surface area contributed by atoms with E-state index >= 15 is 0 Å². The molecule has 0 saturated heterocycles. The van der Waals surface area contributed by atoms with E-state index in [-0.39, 0.29) is 12.3 Å². The largest absolute Gasteiger partial charge is 0.390 e. The van der Waals surface area contributed by atoms with Gasteiger partial charge in [0, 0.05) is 23.6 Å². The average molecular weight is 324 g/mol. The molecule has 0 heterocycles. The Morgan fingerprint density at radius 3 is 2.44 bits per heavy atom. The highest BCUT2D eigenvalue weighted by atomic mass is 79.9. The molecule has 0 aliphatic carbocycles. The molecular weight excluding hydrogens is 311 g/mol. The number of benzene rings is 1. The predicted octanol–water partition coefficient (Wildman–Crippen LogP) is 4.04. The van der Waals surface area contributed by atoms with Gasteiger partial charge in [-0.2, -0.15) is 13.2 Å². The lowest BCUT2D eigenvalue weighted by Gasteiger charge is -2.21. The second kappa shape index (κ2) is 5.73. The first-order chi connectivity index (χ1) is 8.20. The van der Waals surface area contributed by atoms with Gasteiger partial charge in [-0.15, -0.1) is 0 Å². The van der Waals surface area contributed by atoms with Crippen LogP contribution in [0.3, 0.4) is 0 Å². The van der Waals surface area contributed by atoms with E-state index in [9.17, 15) is 18.0 Å². The maximum absolute atomic E-state index is 12.1. The highest BCUT2D eigenvalue weighted by Crippen LogP contribution is 2.28. The second-order valence-electron chi connectivity index (χ2n) is 4.01. The van der Waals surface area contributed by atoms with Crippen LogP contribution in [0.2, 0.25) is 0 Å². The lowest BCUT2D eigenvalue weighted by atomic mass is 10.1. The summed E-state index contributed by atoms with van der Waals surface area (Å²) in [5.41, 5.74) is 1.15. The summed E-state index contributed by atoms with van der Waals surface area (Å²) in [4.78, 5) is 12.7. The van der Waals surface area contributed by atoms with Crippen molar-refractivity contribution in [3.63, 3.8) is 0 Å². The third kappa shape index (κ3) is 4.33. The molecule has 1 aromatic rings. The monoisotopic (exact) mass is 323 g/mol. The van der Waals surface area contributed by atoms with Crippen LogP contribution >= 0.6 is 15.9 Å². The van der Waals surface area contributed by atoms with E-state index in [0.717, 1.165) is 0 Å². The molecule has 0 aliphatic heterocycles. The lowest BCUT2D eigenvalue weighted by Crippen LogP contribution is -2.24. The highest BCUT2D eigenvalue weighted by molar-refractivity contribution is 9.10. The lowest BCUT2D eigenvalue weighted by molar-refractivity contribution is -0.132. The van der Waals surface area contributed by atoms with Gasteiger partial charge in [-0.05, 0) is 41.1 Å². The first kappa shape index (κ1) is 15.0. The molecule has 0 atom stereocenters. The molecule has 100 valence electrons. The SMILES string of the molecule is CC(=O)c1ccc(N(C)CCC(F)(F)F)c(Br)c1. The number of carbonyl (C=O) groups excluding carboxylic acids is 1. The molecule has 2 nitrogen and oxygen atoms in total. The molecular formula is C12H13BrF3NO. The van der Waals surface area contributed by atoms with Crippen molar-refractivity contribution in [2.75, 3.05) is 18.5 Å². The van der Waals surface area contributed by atoms with Gasteiger partial charge in [0.15, 0.2) is 5.78 Å². The van der Waals surface area contributed by atoms with Crippen LogP contribution in [0, 0.1) is 0 Å². The number of alkyl halides is 3. The van der Waals surface area contributed by atoms with Gasteiger partial charge in [0.25, 0.3) is 0 Å². The Kier molecular flexibility index (Phi) is 4.78. The van der Waals surface area contributed by atoms with Gasteiger partial charge in [-0.3, -0.25) is 4.79 Å². The molecule has 0 aromatic heterocycles. The van der Waals surface area contributed by atoms with E-state index in [1.165, 1.54) is 11.8 Å². The maximum Gasteiger partial charge on any atom is 0.390 e.